The van der Waals surface area contributed by atoms with Crippen LogP contribution in [0.2, 0.25) is 0 Å². The summed E-state index contributed by atoms with van der Waals surface area (Å²) in [5.74, 6) is -1.18. The maximum Gasteiger partial charge on any atom is 0.268 e. The normalized spacial score (nSPS) is 16.7. The highest BCUT2D eigenvalue weighted by Gasteiger charge is 2.36. The summed E-state index contributed by atoms with van der Waals surface area (Å²) >= 11 is 0. The predicted molar refractivity (Wildman–Crippen MR) is 125 cm³/mol. The first-order valence-corrected chi connectivity index (χ1v) is 10.8. The third-order valence-electron chi connectivity index (χ3n) is 5.81. The third kappa shape index (κ3) is 3.79. The molecule has 0 radical (unpaired) electrons. The van der Waals surface area contributed by atoms with Crippen molar-refractivity contribution in [2.45, 2.75) is 19.6 Å². The highest BCUT2D eigenvalue weighted by Crippen LogP contribution is 2.37. The predicted octanol–water partition coefficient (Wildman–Crippen LogP) is 3.24. The van der Waals surface area contributed by atoms with Gasteiger partial charge in [-0.1, -0.05) is 42.5 Å². The van der Waals surface area contributed by atoms with Crippen molar-refractivity contribution < 1.29 is 23.9 Å². The number of imide groups is 1. The lowest BCUT2D eigenvalue weighted by Crippen LogP contribution is -2.44. The fourth-order valence-corrected chi connectivity index (χ4v) is 4.14. The molecule has 34 heavy (non-hydrogen) atoms. The van der Waals surface area contributed by atoms with E-state index in [-0.39, 0.29) is 17.0 Å². The van der Waals surface area contributed by atoms with Gasteiger partial charge < -0.3 is 15.0 Å². The molecule has 3 aromatic rings. The van der Waals surface area contributed by atoms with E-state index in [0.717, 1.165) is 10.5 Å². The maximum absolute atomic E-state index is 12.9. The molecule has 2 aliphatic rings. The van der Waals surface area contributed by atoms with Crippen molar-refractivity contribution in [3.8, 4) is 5.75 Å². The van der Waals surface area contributed by atoms with Crippen LogP contribution in [-0.4, -0.2) is 41.2 Å². The topological polar surface area (TPSA) is 96.0 Å². The monoisotopic (exact) mass is 455 g/mol. The van der Waals surface area contributed by atoms with Gasteiger partial charge in [-0.25, -0.2) is 0 Å². The number of ether oxygens (including phenoxy) is 1. The Hall–Kier alpha value is -4.46. The zero-order valence-corrected chi connectivity index (χ0v) is 18.4. The van der Waals surface area contributed by atoms with Crippen LogP contribution >= 0.6 is 0 Å². The number of benzene rings is 3. The number of hydrogen-bond acceptors (Lipinski definition) is 5. The summed E-state index contributed by atoms with van der Waals surface area (Å²) in [7, 11) is 0. The third-order valence-corrected chi connectivity index (χ3v) is 5.81. The summed E-state index contributed by atoms with van der Waals surface area (Å²) in [5, 5.41) is 2.72. The second kappa shape index (κ2) is 8.47. The van der Waals surface area contributed by atoms with Crippen LogP contribution in [0.3, 0.4) is 0 Å². The van der Waals surface area contributed by atoms with Crippen LogP contribution < -0.4 is 15.0 Å². The molecule has 0 saturated carbocycles. The average Bonchev–Trinajstić information content (AvgIpc) is 3.08. The van der Waals surface area contributed by atoms with Crippen LogP contribution in [0.15, 0.2) is 72.8 Å². The Bertz CT molecular complexity index is 1290. The number of hydrogen-bond donors (Lipinski definition) is 1. The minimum Gasteiger partial charge on any atom is -0.479 e. The van der Waals surface area contributed by atoms with Gasteiger partial charge in [-0.05, 0) is 42.8 Å². The number of anilines is 2. The lowest BCUT2D eigenvalue weighted by Gasteiger charge is -2.33. The van der Waals surface area contributed by atoms with Gasteiger partial charge in [0.05, 0.1) is 23.4 Å². The number of fused-ring (bicyclic) bond motifs is 2. The molecule has 4 amide bonds. The minimum absolute atomic E-state index is 0.189. The quantitative estimate of drug-likeness (QED) is 0.596. The van der Waals surface area contributed by atoms with E-state index in [9.17, 15) is 19.2 Å². The Morgan fingerprint density at radius 2 is 1.53 bits per heavy atom. The molecule has 1 N–H and O–H groups in total. The summed E-state index contributed by atoms with van der Waals surface area (Å²) in [5.41, 5.74) is 2.48. The van der Waals surface area contributed by atoms with Crippen molar-refractivity contribution in [3.63, 3.8) is 0 Å². The van der Waals surface area contributed by atoms with E-state index in [0.29, 0.717) is 23.7 Å². The summed E-state index contributed by atoms with van der Waals surface area (Å²) in [4.78, 5) is 53.2. The summed E-state index contributed by atoms with van der Waals surface area (Å²) in [6.45, 7) is 1.64. The van der Waals surface area contributed by atoms with Crippen LogP contribution in [0.1, 0.15) is 33.2 Å². The SMILES string of the molecule is CC1Oc2ccc(NC(=O)CN3C(=O)c4ccccc4C3=O)cc2N(Cc2ccccc2)C1=O. The number of carbonyl (C=O) groups is 4. The molecule has 0 aromatic heterocycles. The molecular weight excluding hydrogens is 434 g/mol. The minimum atomic E-state index is -0.634. The van der Waals surface area contributed by atoms with Crippen LogP contribution in [0.4, 0.5) is 11.4 Å². The van der Waals surface area contributed by atoms with Crippen molar-refractivity contribution in [2.75, 3.05) is 16.8 Å². The Morgan fingerprint density at radius 1 is 0.882 bits per heavy atom. The zero-order valence-electron chi connectivity index (χ0n) is 18.4. The summed E-state index contributed by atoms with van der Waals surface area (Å²) < 4.78 is 5.74. The Labute approximate surface area is 195 Å². The smallest absolute Gasteiger partial charge is 0.268 e. The highest BCUT2D eigenvalue weighted by molar-refractivity contribution is 6.22. The number of nitrogens with one attached hydrogen (secondary N) is 1. The molecule has 3 aromatic carbocycles. The summed E-state index contributed by atoms with van der Waals surface area (Å²) in [6.07, 6.45) is -0.634. The molecule has 1 unspecified atom stereocenters. The number of nitrogens with zero attached hydrogens (tertiary/aromatic N) is 2. The van der Waals surface area contributed by atoms with E-state index < -0.39 is 30.4 Å². The van der Waals surface area contributed by atoms with Gasteiger partial charge in [0, 0.05) is 5.69 Å². The molecule has 8 nitrogen and oxygen atoms in total. The average molecular weight is 455 g/mol. The molecule has 5 rings (SSSR count). The number of amides is 4. The molecule has 2 heterocycles. The van der Waals surface area contributed by atoms with E-state index in [1.807, 2.05) is 30.3 Å². The van der Waals surface area contributed by atoms with Gasteiger partial charge in [-0.15, -0.1) is 0 Å². The van der Waals surface area contributed by atoms with Gasteiger partial charge in [-0.2, -0.15) is 0 Å². The van der Waals surface area contributed by atoms with Crippen molar-refractivity contribution >= 4 is 35.0 Å². The van der Waals surface area contributed by atoms with Gasteiger partial charge >= 0.3 is 0 Å². The highest BCUT2D eigenvalue weighted by atomic mass is 16.5. The zero-order chi connectivity index (χ0) is 23.8. The Balaban J connectivity index is 1.35. The van der Waals surface area contributed by atoms with Crippen LogP contribution in [0, 0.1) is 0 Å². The van der Waals surface area contributed by atoms with Gasteiger partial charge in [0.25, 0.3) is 17.7 Å². The molecule has 0 aliphatic carbocycles. The Kier molecular flexibility index (Phi) is 5.33. The summed E-state index contributed by atoms with van der Waals surface area (Å²) in [6, 6.07) is 21.1. The van der Waals surface area contributed by atoms with Gasteiger partial charge in [0.15, 0.2) is 6.10 Å². The van der Waals surface area contributed by atoms with E-state index in [1.54, 1.807) is 54.3 Å². The fourth-order valence-electron chi connectivity index (χ4n) is 4.14. The van der Waals surface area contributed by atoms with Gasteiger partial charge in [0.2, 0.25) is 5.91 Å². The molecular formula is C26H21N3O5. The van der Waals surface area contributed by atoms with Crippen molar-refractivity contribution in [2.24, 2.45) is 0 Å². The van der Waals surface area contributed by atoms with Crippen molar-refractivity contribution in [1.82, 2.24) is 4.90 Å². The van der Waals surface area contributed by atoms with E-state index >= 15 is 0 Å². The van der Waals surface area contributed by atoms with E-state index in [1.165, 1.54) is 0 Å². The lowest BCUT2D eigenvalue weighted by molar-refractivity contribution is -0.125. The molecule has 8 heteroatoms. The largest absolute Gasteiger partial charge is 0.479 e. The van der Waals surface area contributed by atoms with Crippen molar-refractivity contribution in [3.05, 3.63) is 89.5 Å². The molecule has 0 spiro atoms. The molecule has 0 fully saturated rings. The van der Waals surface area contributed by atoms with Gasteiger partial charge in [0.1, 0.15) is 12.3 Å². The fraction of sp³-hybridized carbons (Fsp3) is 0.154. The number of rotatable bonds is 5. The first kappa shape index (κ1) is 21.4. The first-order valence-electron chi connectivity index (χ1n) is 10.8. The second-order valence-corrected chi connectivity index (χ2v) is 8.14. The maximum atomic E-state index is 12.9. The lowest BCUT2D eigenvalue weighted by atomic mass is 10.1. The number of carbonyl (C=O) groups excluding carboxylic acids is 4. The van der Waals surface area contributed by atoms with E-state index in [4.69, 9.17) is 4.74 Å². The molecule has 170 valence electrons. The standard InChI is InChI=1S/C26H21N3O5/c1-16-24(31)28(14-17-7-3-2-4-8-17)21-13-18(11-12-22(21)34-16)27-23(30)15-29-25(32)19-9-5-6-10-20(19)26(29)33/h2-13,16H,14-15H2,1H3,(H,27,30). The molecule has 0 saturated heterocycles. The first-order chi connectivity index (χ1) is 16.4. The second-order valence-electron chi connectivity index (χ2n) is 8.14. The van der Waals surface area contributed by atoms with Crippen LogP contribution in [0.5, 0.6) is 5.75 Å². The van der Waals surface area contributed by atoms with Crippen molar-refractivity contribution in [1.29, 1.82) is 0 Å². The van der Waals surface area contributed by atoms with Crippen LogP contribution in [-0.2, 0) is 16.1 Å². The molecule has 2 aliphatic heterocycles. The Morgan fingerprint density at radius 3 is 2.21 bits per heavy atom. The molecule has 1 atom stereocenters. The van der Waals surface area contributed by atoms with Gasteiger partial charge in [-0.3, -0.25) is 24.1 Å². The van der Waals surface area contributed by atoms with E-state index in [2.05, 4.69) is 5.32 Å². The van der Waals surface area contributed by atoms with Crippen LogP contribution in [0.25, 0.3) is 0 Å². The molecule has 0 bridgehead atoms.